The van der Waals surface area contributed by atoms with Crippen LogP contribution in [0.5, 0.6) is 5.75 Å². The second kappa shape index (κ2) is 6.03. The van der Waals surface area contributed by atoms with Gasteiger partial charge in [-0.1, -0.05) is 32.9 Å². The number of hydrogen-bond acceptors (Lipinski definition) is 3. The highest BCUT2D eigenvalue weighted by Gasteiger charge is 2.11. The van der Waals surface area contributed by atoms with Crippen molar-refractivity contribution >= 4 is 0 Å². The number of aliphatic hydroxyl groups excluding tert-OH is 1. The quantitative estimate of drug-likeness (QED) is 0.823. The number of ether oxygens (including phenoxy) is 1. The van der Waals surface area contributed by atoms with E-state index in [1.807, 2.05) is 12.1 Å². The van der Waals surface area contributed by atoms with Crippen molar-refractivity contribution < 1.29 is 9.84 Å². The van der Waals surface area contributed by atoms with Crippen molar-refractivity contribution in [1.29, 1.82) is 0 Å². The van der Waals surface area contributed by atoms with Gasteiger partial charge in [-0.15, -0.1) is 0 Å². The van der Waals surface area contributed by atoms with Gasteiger partial charge in [-0.3, -0.25) is 0 Å². The molecule has 0 aliphatic rings. The zero-order valence-corrected chi connectivity index (χ0v) is 10.9. The molecule has 1 aromatic rings. The Morgan fingerprint density at radius 2 is 1.82 bits per heavy atom. The van der Waals surface area contributed by atoms with E-state index in [1.165, 1.54) is 5.56 Å². The molecule has 0 bridgehead atoms. The van der Waals surface area contributed by atoms with Gasteiger partial charge < -0.3 is 15.6 Å². The largest absolute Gasteiger partial charge is 0.491 e. The minimum absolute atomic E-state index is 0.224. The molecule has 3 N–H and O–H groups in total. The monoisotopic (exact) mass is 237 g/mol. The lowest BCUT2D eigenvalue weighted by atomic mass is 9.88. The van der Waals surface area contributed by atoms with Crippen LogP contribution in [-0.4, -0.2) is 24.4 Å². The standard InChI is InChI=1S/C14H23NO2/c1-14(2,3)8-11-4-6-13(7-5-11)17-10-12(16)9-15/h4-7,12,16H,8-10,15H2,1-3H3. The maximum absolute atomic E-state index is 9.28. The van der Waals surface area contributed by atoms with Crippen LogP contribution in [0.2, 0.25) is 0 Å². The molecule has 1 atom stereocenters. The van der Waals surface area contributed by atoms with Crippen LogP contribution in [0.3, 0.4) is 0 Å². The van der Waals surface area contributed by atoms with E-state index in [2.05, 4.69) is 32.9 Å². The summed E-state index contributed by atoms with van der Waals surface area (Å²) in [6.07, 6.45) is 0.447. The average molecular weight is 237 g/mol. The molecule has 1 rings (SSSR count). The molecule has 0 amide bonds. The fourth-order valence-corrected chi connectivity index (χ4v) is 1.58. The number of benzene rings is 1. The van der Waals surface area contributed by atoms with E-state index in [1.54, 1.807) is 0 Å². The fourth-order valence-electron chi connectivity index (χ4n) is 1.58. The number of rotatable bonds is 5. The Hall–Kier alpha value is -1.06. The fraction of sp³-hybridized carbons (Fsp3) is 0.571. The van der Waals surface area contributed by atoms with E-state index in [0.717, 1.165) is 12.2 Å². The summed E-state index contributed by atoms with van der Waals surface area (Å²) in [5, 5.41) is 9.28. The van der Waals surface area contributed by atoms with Crippen LogP contribution in [0, 0.1) is 5.41 Å². The molecule has 0 aliphatic heterocycles. The summed E-state index contributed by atoms with van der Waals surface area (Å²) >= 11 is 0. The molecule has 0 saturated carbocycles. The molecule has 1 aromatic carbocycles. The third kappa shape index (κ3) is 5.71. The summed E-state index contributed by atoms with van der Waals surface area (Å²) in [6.45, 7) is 7.12. The molecule has 0 spiro atoms. The van der Waals surface area contributed by atoms with E-state index in [9.17, 15) is 5.11 Å². The van der Waals surface area contributed by atoms with E-state index < -0.39 is 6.10 Å². The number of nitrogens with two attached hydrogens (primary N) is 1. The molecular weight excluding hydrogens is 214 g/mol. The Labute approximate surface area is 104 Å². The Morgan fingerprint density at radius 1 is 1.24 bits per heavy atom. The third-order valence-electron chi connectivity index (χ3n) is 2.37. The van der Waals surface area contributed by atoms with Gasteiger partial charge in [0.25, 0.3) is 0 Å². The topological polar surface area (TPSA) is 55.5 Å². The molecule has 0 aromatic heterocycles. The van der Waals surface area contributed by atoms with E-state index in [4.69, 9.17) is 10.5 Å². The third-order valence-corrected chi connectivity index (χ3v) is 2.37. The zero-order chi connectivity index (χ0) is 12.9. The lowest BCUT2D eigenvalue weighted by Gasteiger charge is -2.18. The second-order valence-corrected chi connectivity index (χ2v) is 5.58. The average Bonchev–Trinajstić information content (AvgIpc) is 2.25. The summed E-state index contributed by atoms with van der Waals surface area (Å²) in [4.78, 5) is 0. The van der Waals surface area contributed by atoms with E-state index >= 15 is 0 Å². The molecule has 17 heavy (non-hydrogen) atoms. The van der Waals surface area contributed by atoms with Crippen LogP contribution < -0.4 is 10.5 Å². The Morgan fingerprint density at radius 3 is 2.29 bits per heavy atom. The highest BCUT2D eigenvalue weighted by molar-refractivity contribution is 5.27. The Balaban J connectivity index is 2.50. The van der Waals surface area contributed by atoms with Gasteiger partial charge in [0.1, 0.15) is 18.5 Å². The number of hydrogen-bond donors (Lipinski definition) is 2. The molecule has 96 valence electrons. The molecule has 3 heteroatoms. The maximum atomic E-state index is 9.28. The van der Waals surface area contributed by atoms with E-state index in [-0.39, 0.29) is 18.6 Å². The van der Waals surface area contributed by atoms with Gasteiger partial charge in [-0.25, -0.2) is 0 Å². The molecule has 0 heterocycles. The van der Waals surface area contributed by atoms with Gasteiger partial charge in [-0.05, 0) is 29.5 Å². The van der Waals surface area contributed by atoms with Gasteiger partial charge in [-0.2, -0.15) is 0 Å². The molecule has 3 nitrogen and oxygen atoms in total. The van der Waals surface area contributed by atoms with Gasteiger partial charge in [0.2, 0.25) is 0 Å². The molecular formula is C14H23NO2. The SMILES string of the molecule is CC(C)(C)Cc1ccc(OCC(O)CN)cc1. The van der Waals surface area contributed by atoms with Crippen molar-refractivity contribution in [3.63, 3.8) is 0 Å². The van der Waals surface area contributed by atoms with Crippen LogP contribution >= 0.6 is 0 Å². The van der Waals surface area contributed by atoms with Gasteiger partial charge in [0.15, 0.2) is 0 Å². The summed E-state index contributed by atoms with van der Waals surface area (Å²) in [6, 6.07) is 8.00. The first-order valence-electron chi connectivity index (χ1n) is 6.00. The van der Waals surface area contributed by atoms with Crippen molar-refractivity contribution in [2.45, 2.75) is 33.3 Å². The Kier molecular flexibility index (Phi) is 4.97. The van der Waals surface area contributed by atoms with Crippen LogP contribution in [0.25, 0.3) is 0 Å². The second-order valence-electron chi connectivity index (χ2n) is 5.58. The minimum atomic E-state index is -0.593. The Bertz CT molecular complexity index is 327. The summed E-state index contributed by atoms with van der Waals surface area (Å²) in [7, 11) is 0. The van der Waals surface area contributed by atoms with Crippen LogP contribution in [0.4, 0.5) is 0 Å². The maximum Gasteiger partial charge on any atom is 0.119 e. The van der Waals surface area contributed by atoms with Gasteiger partial charge >= 0.3 is 0 Å². The lowest BCUT2D eigenvalue weighted by molar-refractivity contribution is 0.114. The summed E-state index contributed by atoms with van der Waals surface area (Å²) < 4.78 is 5.41. The normalized spacial score (nSPS) is 13.5. The summed E-state index contributed by atoms with van der Waals surface area (Å²) in [5.41, 5.74) is 6.89. The molecule has 0 aliphatic carbocycles. The first-order chi connectivity index (χ1) is 7.90. The molecule has 0 radical (unpaired) electrons. The lowest BCUT2D eigenvalue weighted by Crippen LogP contribution is -2.26. The van der Waals surface area contributed by atoms with Crippen LogP contribution in [0.1, 0.15) is 26.3 Å². The molecule has 1 unspecified atom stereocenters. The van der Waals surface area contributed by atoms with Gasteiger partial charge in [0, 0.05) is 6.54 Å². The molecule has 0 saturated heterocycles. The van der Waals surface area contributed by atoms with Crippen molar-refractivity contribution in [2.24, 2.45) is 11.1 Å². The first-order valence-corrected chi connectivity index (χ1v) is 6.00. The smallest absolute Gasteiger partial charge is 0.119 e. The predicted octanol–water partition coefficient (Wildman–Crippen LogP) is 1.97. The summed E-state index contributed by atoms with van der Waals surface area (Å²) in [5.74, 6) is 0.773. The highest BCUT2D eigenvalue weighted by Crippen LogP contribution is 2.22. The minimum Gasteiger partial charge on any atom is -0.491 e. The van der Waals surface area contributed by atoms with Crippen molar-refractivity contribution in [1.82, 2.24) is 0 Å². The highest BCUT2D eigenvalue weighted by atomic mass is 16.5. The molecule has 0 fully saturated rings. The van der Waals surface area contributed by atoms with E-state index in [0.29, 0.717) is 0 Å². The van der Waals surface area contributed by atoms with Crippen molar-refractivity contribution in [3.05, 3.63) is 29.8 Å². The van der Waals surface area contributed by atoms with Crippen molar-refractivity contribution in [2.75, 3.05) is 13.2 Å². The van der Waals surface area contributed by atoms with Crippen molar-refractivity contribution in [3.8, 4) is 5.75 Å². The first kappa shape index (κ1) is 14.0. The van der Waals surface area contributed by atoms with Crippen LogP contribution in [-0.2, 0) is 6.42 Å². The van der Waals surface area contributed by atoms with Crippen LogP contribution in [0.15, 0.2) is 24.3 Å². The van der Waals surface area contributed by atoms with Gasteiger partial charge in [0.05, 0.1) is 0 Å². The zero-order valence-electron chi connectivity index (χ0n) is 10.9. The number of aliphatic hydroxyl groups is 1. The predicted molar refractivity (Wildman–Crippen MR) is 70.2 cm³/mol.